The molecule has 0 aromatic carbocycles. The molecular formula is C63H121N2O6P. The van der Waals surface area contributed by atoms with Crippen LogP contribution >= 0.6 is 7.82 Å². The van der Waals surface area contributed by atoms with E-state index in [0.717, 1.165) is 44.9 Å². The van der Waals surface area contributed by atoms with Gasteiger partial charge < -0.3 is 28.8 Å². The second-order valence-electron chi connectivity index (χ2n) is 22.4. The largest absolute Gasteiger partial charge is 0.756 e. The highest BCUT2D eigenvalue weighted by atomic mass is 31.2. The molecule has 9 heteroatoms. The van der Waals surface area contributed by atoms with E-state index < -0.39 is 26.6 Å². The van der Waals surface area contributed by atoms with E-state index in [1.165, 1.54) is 231 Å². The highest BCUT2D eigenvalue weighted by molar-refractivity contribution is 7.45. The fourth-order valence-corrected chi connectivity index (χ4v) is 9.97. The highest BCUT2D eigenvalue weighted by Crippen LogP contribution is 2.38. The minimum atomic E-state index is -4.60. The molecule has 0 rings (SSSR count). The monoisotopic (exact) mass is 1030 g/mol. The van der Waals surface area contributed by atoms with E-state index in [2.05, 4.69) is 42.6 Å². The third-order valence-corrected chi connectivity index (χ3v) is 15.0. The van der Waals surface area contributed by atoms with Crippen LogP contribution in [0.3, 0.4) is 0 Å². The molecule has 72 heavy (non-hydrogen) atoms. The van der Waals surface area contributed by atoms with E-state index in [0.29, 0.717) is 17.4 Å². The summed E-state index contributed by atoms with van der Waals surface area (Å²) in [6, 6.07) is -0.906. The summed E-state index contributed by atoms with van der Waals surface area (Å²) in [5.74, 6) is -0.211. The van der Waals surface area contributed by atoms with Crippen LogP contribution in [0.5, 0.6) is 0 Å². The minimum Gasteiger partial charge on any atom is -0.756 e. The van der Waals surface area contributed by atoms with Crippen LogP contribution in [0, 0.1) is 0 Å². The summed E-state index contributed by atoms with van der Waals surface area (Å²) < 4.78 is 23.2. The van der Waals surface area contributed by atoms with Crippen molar-refractivity contribution in [1.29, 1.82) is 0 Å². The van der Waals surface area contributed by atoms with Crippen molar-refractivity contribution in [2.45, 2.75) is 309 Å². The second-order valence-corrected chi connectivity index (χ2v) is 23.8. The standard InChI is InChI=1S/C63H121N2O6P/c1-6-8-10-12-14-16-17-18-19-20-21-22-23-24-25-26-27-28-29-30-31-32-33-34-35-36-37-38-39-40-41-42-43-44-45-46-47-49-51-53-55-57-63(67)64-61(60-71-72(68,69)70-59-58-65(3,4)5)62(66)56-54-52-50-48-15-13-11-9-7-2/h7,9,15,20-21,48,54,56,61-62,66H,6,8,10-14,16-19,22-47,49-53,55,57-60H2,1-5H3,(H-,64,67,68,69)/b9-7+,21-20-,48-15+,56-54+. The molecule has 0 bridgehead atoms. The number of hydrogen-bond donors (Lipinski definition) is 2. The fraction of sp³-hybridized carbons (Fsp3) is 0.857. The van der Waals surface area contributed by atoms with Gasteiger partial charge in [-0.15, -0.1) is 0 Å². The Morgan fingerprint density at radius 1 is 0.500 bits per heavy atom. The number of rotatable bonds is 57. The Morgan fingerprint density at radius 3 is 1.21 bits per heavy atom. The van der Waals surface area contributed by atoms with Gasteiger partial charge in [-0.3, -0.25) is 9.36 Å². The Kier molecular flexibility index (Phi) is 53.1. The highest BCUT2D eigenvalue weighted by Gasteiger charge is 2.23. The average molecular weight is 1030 g/mol. The first-order valence-corrected chi connectivity index (χ1v) is 32.4. The van der Waals surface area contributed by atoms with Gasteiger partial charge in [0.1, 0.15) is 13.2 Å². The molecule has 0 aromatic heterocycles. The summed E-state index contributed by atoms with van der Waals surface area (Å²) in [6.45, 7) is 4.40. The summed E-state index contributed by atoms with van der Waals surface area (Å²) in [5.41, 5.74) is 0. The van der Waals surface area contributed by atoms with E-state index in [1.807, 2.05) is 40.2 Å². The van der Waals surface area contributed by atoms with Gasteiger partial charge >= 0.3 is 0 Å². The number of amides is 1. The van der Waals surface area contributed by atoms with Gasteiger partial charge in [0, 0.05) is 6.42 Å². The van der Waals surface area contributed by atoms with Crippen molar-refractivity contribution >= 4 is 13.7 Å². The van der Waals surface area contributed by atoms with Crippen molar-refractivity contribution < 1.29 is 32.9 Å². The van der Waals surface area contributed by atoms with E-state index >= 15 is 0 Å². The van der Waals surface area contributed by atoms with Crippen molar-refractivity contribution in [2.75, 3.05) is 40.9 Å². The van der Waals surface area contributed by atoms with Crippen LogP contribution in [-0.2, 0) is 18.4 Å². The number of phosphoric acid groups is 1. The summed E-state index contributed by atoms with van der Waals surface area (Å²) >= 11 is 0. The molecule has 0 aliphatic heterocycles. The van der Waals surface area contributed by atoms with E-state index in [-0.39, 0.29) is 12.5 Å². The van der Waals surface area contributed by atoms with Crippen LogP contribution in [-0.4, -0.2) is 68.5 Å². The number of likely N-dealkylation sites (N-methyl/N-ethyl adjacent to an activating group) is 1. The zero-order chi connectivity index (χ0) is 52.7. The molecule has 0 fully saturated rings. The number of aliphatic hydroxyl groups excluding tert-OH is 1. The predicted molar refractivity (Wildman–Crippen MR) is 311 cm³/mol. The first kappa shape index (κ1) is 70.5. The molecule has 3 atom stereocenters. The molecule has 424 valence electrons. The number of carbonyl (C=O) groups excluding carboxylic acids is 1. The van der Waals surface area contributed by atoms with Crippen LogP contribution in [0.15, 0.2) is 48.6 Å². The molecule has 0 heterocycles. The summed E-state index contributed by atoms with van der Waals surface area (Å²) in [4.78, 5) is 25.3. The van der Waals surface area contributed by atoms with Crippen LogP contribution in [0.25, 0.3) is 0 Å². The number of hydrogen-bond acceptors (Lipinski definition) is 6. The van der Waals surface area contributed by atoms with Crippen molar-refractivity contribution in [3.05, 3.63) is 48.6 Å². The molecule has 0 aliphatic carbocycles. The summed E-state index contributed by atoms with van der Waals surface area (Å²) in [7, 11) is 1.24. The maximum Gasteiger partial charge on any atom is 0.268 e. The van der Waals surface area contributed by atoms with Crippen molar-refractivity contribution in [1.82, 2.24) is 5.32 Å². The van der Waals surface area contributed by atoms with Gasteiger partial charge in [-0.05, 0) is 64.7 Å². The lowest BCUT2D eigenvalue weighted by molar-refractivity contribution is -0.870. The third kappa shape index (κ3) is 56.2. The lowest BCUT2D eigenvalue weighted by Gasteiger charge is -2.29. The van der Waals surface area contributed by atoms with Crippen LogP contribution in [0.2, 0.25) is 0 Å². The second kappa shape index (κ2) is 54.3. The van der Waals surface area contributed by atoms with E-state index in [1.54, 1.807) is 6.08 Å². The van der Waals surface area contributed by atoms with E-state index in [9.17, 15) is 19.4 Å². The van der Waals surface area contributed by atoms with Crippen molar-refractivity contribution in [3.63, 3.8) is 0 Å². The fourth-order valence-electron chi connectivity index (χ4n) is 9.25. The van der Waals surface area contributed by atoms with Gasteiger partial charge in [-0.2, -0.15) is 0 Å². The first-order chi connectivity index (χ1) is 35.0. The lowest BCUT2D eigenvalue weighted by atomic mass is 10.0. The maximum absolute atomic E-state index is 12.9. The Balaban J connectivity index is 3.74. The Morgan fingerprint density at radius 2 is 0.833 bits per heavy atom. The van der Waals surface area contributed by atoms with E-state index in [4.69, 9.17) is 9.05 Å². The van der Waals surface area contributed by atoms with Gasteiger partial charge in [0.2, 0.25) is 5.91 Å². The van der Waals surface area contributed by atoms with Gasteiger partial charge in [0.25, 0.3) is 7.82 Å². The normalized spacial score (nSPS) is 14.2. The molecule has 1 amide bonds. The van der Waals surface area contributed by atoms with Gasteiger partial charge in [0.15, 0.2) is 0 Å². The topological polar surface area (TPSA) is 108 Å². The van der Waals surface area contributed by atoms with Crippen molar-refractivity contribution in [2.24, 2.45) is 0 Å². The molecule has 0 spiro atoms. The number of allylic oxidation sites excluding steroid dienone is 7. The number of phosphoric ester groups is 1. The SMILES string of the molecule is C/C=C/CC/C=C/CC/C=C/C(O)C(COP(=O)([O-])OCC[N+](C)(C)C)NC(=O)CCCCCCCCCCCCCCCCCCCCCCCCCCCCCCC/C=C\CCCCCCCCCC. The number of quaternary nitrogens is 1. The summed E-state index contributed by atoms with van der Waals surface area (Å²) in [6.07, 6.45) is 72.9. The number of nitrogens with one attached hydrogen (secondary N) is 1. The van der Waals surface area contributed by atoms with Gasteiger partial charge in [-0.25, -0.2) is 0 Å². The molecular weight excluding hydrogens is 912 g/mol. The smallest absolute Gasteiger partial charge is 0.268 e. The van der Waals surface area contributed by atoms with Crippen LogP contribution in [0.1, 0.15) is 296 Å². The molecule has 0 radical (unpaired) electrons. The van der Waals surface area contributed by atoms with Crippen LogP contribution < -0.4 is 10.2 Å². The zero-order valence-corrected chi connectivity index (χ0v) is 49.3. The average Bonchev–Trinajstić information content (AvgIpc) is 3.34. The third-order valence-electron chi connectivity index (χ3n) is 14.1. The Labute approximate surface area is 448 Å². The van der Waals surface area contributed by atoms with Crippen molar-refractivity contribution in [3.8, 4) is 0 Å². The van der Waals surface area contributed by atoms with Crippen LogP contribution in [0.4, 0.5) is 0 Å². The lowest BCUT2D eigenvalue weighted by Crippen LogP contribution is -2.45. The van der Waals surface area contributed by atoms with Gasteiger partial charge in [-0.1, -0.05) is 274 Å². The molecule has 0 aliphatic rings. The predicted octanol–water partition coefficient (Wildman–Crippen LogP) is 18.5. The molecule has 0 saturated heterocycles. The molecule has 0 aromatic rings. The van der Waals surface area contributed by atoms with Gasteiger partial charge in [0.05, 0.1) is 39.9 Å². The molecule has 2 N–H and O–H groups in total. The Hall–Kier alpha value is -1.54. The first-order valence-electron chi connectivity index (χ1n) is 31.0. The number of unbranched alkanes of at least 4 members (excludes halogenated alkanes) is 39. The molecule has 3 unspecified atom stereocenters. The summed E-state index contributed by atoms with van der Waals surface area (Å²) in [5, 5.41) is 13.7. The number of carbonyl (C=O) groups is 1. The Bertz CT molecular complexity index is 1310. The number of nitrogens with zero attached hydrogens (tertiary/aromatic N) is 1. The zero-order valence-electron chi connectivity index (χ0n) is 48.4. The quantitative estimate of drug-likeness (QED) is 0.0272. The maximum atomic E-state index is 12.9. The molecule has 8 nitrogen and oxygen atoms in total. The molecule has 0 saturated carbocycles. The number of aliphatic hydroxyl groups is 1. The minimum absolute atomic E-state index is 0.00873.